The van der Waals surface area contributed by atoms with Crippen LogP contribution in [0.5, 0.6) is 0 Å². The Bertz CT molecular complexity index is 446. The Morgan fingerprint density at radius 1 is 1.56 bits per heavy atom. The van der Waals surface area contributed by atoms with E-state index in [1.807, 2.05) is 0 Å². The third-order valence-corrected chi connectivity index (χ3v) is 2.23. The van der Waals surface area contributed by atoms with Gasteiger partial charge in [0.15, 0.2) is 0 Å². The molecule has 84 valence electrons. The van der Waals surface area contributed by atoms with Gasteiger partial charge in [0.2, 0.25) is 5.91 Å². The summed E-state index contributed by atoms with van der Waals surface area (Å²) in [4.78, 5) is 11.2. The van der Waals surface area contributed by atoms with Crippen LogP contribution in [-0.4, -0.2) is 12.5 Å². The first-order valence-electron chi connectivity index (χ1n) is 4.95. The molecule has 0 bridgehead atoms. The fourth-order valence-corrected chi connectivity index (χ4v) is 1.26. The third-order valence-electron chi connectivity index (χ3n) is 1.90. The van der Waals surface area contributed by atoms with Crippen molar-refractivity contribution < 1.29 is 4.79 Å². The van der Waals surface area contributed by atoms with Crippen LogP contribution in [0, 0.1) is 11.8 Å². The molecule has 0 spiro atoms. The maximum Gasteiger partial charge on any atom is 0.224 e. The Labute approximate surface area is 100.0 Å². The first-order valence-corrected chi connectivity index (χ1v) is 5.33. The molecule has 16 heavy (non-hydrogen) atoms. The summed E-state index contributed by atoms with van der Waals surface area (Å²) in [5.41, 5.74) is 6.64. The number of carbonyl (C=O) groups excluding carboxylic acids is 1. The first kappa shape index (κ1) is 12.6. The van der Waals surface area contributed by atoms with Gasteiger partial charge in [0.1, 0.15) is 0 Å². The summed E-state index contributed by atoms with van der Waals surface area (Å²) in [6.07, 6.45) is 0.437. The number of nitrogens with two attached hydrogens (primary N) is 1. The van der Waals surface area contributed by atoms with Crippen LogP contribution in [0.25, 0.3) is 0 Å². The van der Waals surface area contributed by atoms with E-state index in [0.29, 0.717) is 22.7 Å². The number of rotatable bonds is 2. The minimum Gasteiger partial charge on any atom is -0.326 e. The molecule has 1 rings (SSSR count). The molecule has 0 saturated carbocycles. The highest BCUT2D eigenvalue weighted by Gasteiger charge is 2.02. The average Bonchev–Trinajstić information content (AvgIpc) is 2.29. The van der Waals surface area contributed by atoms with E-state index in [4.69, 9.17) is 17.3 Å². The van der Waals surface area contributed by atoms with Crippen molar-refractivity contribution in [2.45, 2.75) is 13.3 Å². The lowest BCUT2D eigenvalue weighted by Gasteiger charge is -2.04. The van der Waals surface area contributed by atoms with Crippen LogP contribution in [0.1, 0.15) is 18.9 Å². The molecule has 3 N–H and O–H groups in total. The highest BCUT2D eigenvalue weighted by atomic mass is 35.5. The Morgan fingerprint density at radius 3 is 2.94 bits per heavy atom. The molecular weight excluding hydrogens is 224 g/mol. The number of nitrogens with one attached hydrogen (secondary N) is 1. The SMILES string of the molecule is CCC(=O)Nc1ccc(Cl)c(C#CCN)c1. The molecule has 1 aromatic carbocycles. The Balaban J connectivity index is 2.93. The Hall–Kier alpha value is -1.50. The summed E-state index contributed by atoms with van der Waals surface area (Å²) in [5, 5.41) is 3.29. The van der Waals surface area contributed by atoms with E-state index in [1.54, 1.807) is 25.1 Å². The number of benzene rings is 1. The van der Waals surface area contributed by atoms with Gasteiger partial charge in [-0.1, -0.05) is 30.4 Å². The van der Waals surface area contributed by atoms with E-state index in [-0.39, 0.29) is 12.5 Å². The van der Waals surface area contributed by atoms with Crippen molar-refractivity contribution in [3.8, 4) is 11.8 Å². The lowest BCUT2D eigenvalue weighted by atomic mass is 10.2. The Kier molecular flexibility index (Phi) is 4.84. The van der Waals surface area contributed by atoms with Gasteiger partial charge in [-0.25, -0.2) is 0 Å². The molecule has 3 nitrogen and oxygen atoms in total. The first-order chi connectivity index (χ1) is 7.67. The predicted molar refractivity (Wildman–Crippen MR) is 66.3 cm³/mol. The number of halogens is 1. The summed E-state index contributed by atoms with van der Waals surface area (Å²) in [5.74, 6) is 5.52. The number of carbonyl (C=O) groups is 1. The van der Waals surface area contributed by atoms with E-state index in [1.165, 1.54) is 0 Å². The second-order valence-corrected chi connectivity index (χ2v) is 3.51. The van der Waals surface area contributed by atoms with Gasteiger partial charge in [-0.3, -0.25) is 4.79 Å². The van der Waals surface area contributed by atoms with Crippen LogP contribution in [0.2, 0.25) is 5.02 Å². The lowest BCUT2D eigenvalue weighted by Crippen LogP contribution is -2.09. The minimum atomic E-state index is -0.0416. The molecule has 0 aliphatic carbocycles. The van der Waals surface area contributed by atoms with E-state index in [9.17, 15) is 4.79 Å². The lowest BCUT2D eigenvalue weighted by molar-refractivity contribution is -0.115. The van der Waals surface area contributed by atoms with Crippen molar-refractivity contribution in [3.63, 3.8) is 0 Å². The molecule has 0 atom stereocenters. The second kappa shape index (κ2) is 6.16. The number of amides is 1. The molecule has 1 amide bonds. The van der Waals surface area contributed by atoms with Gasteiger partial charge in [0, 0.05) is 17.7 Å². The normalized spacial score (nSPS) is 9.19. The van der Waals surface area contributed by atoms with Gasteiger partial charge < -0.3 is 11.1 Å². The van der Waals surface area contributed by atoms with Gasteiger partial charge in [0.25, 0.3) is 0 Å². The van der Waals surface area contributed by atoms with Crippen molar-refractivity contribution in [2.24, 2.45) is 5.73 Å². The van der Waals surface area contributed by atoms with Gasteiger partial charge in [-0.15, -0.1) is 0 Å². The molecule has 4 heteroatoms. The summed E-state index contributed by atoms with van der Waals surface area (Å²) < 4.78 is 0. The predicted octanol–water partition coefficient (Wildman–Crippen LogP) is 2.00. The highest BCUT2D eigenvalue weighted by molar-refractivity contribution is 6.31. The summed E-state index contributed by atoms with van der Waals surface area (Å²) in [6.45, 7) is 2.07. The molecular formula is C12H13ClN2O. The zero-order chi connectivity index (χ0) is 12.0. The van der Waals surface area contributed by atoms with Crippen molar-refractivity contribution in [1.29, 1.82) is 0 Å². The van der Waals surface area contributed by atoms with Crippen LogP contribution in [0.15, 0.2) is 18.2 Å². The van der Waals surface area contributed by atoms with Gasteiger partial charge in [-0.2, -0.15) is 0 Å². The fraction of sp³-hybridized carbons (Fsp3) is 0.250. The van der Waals surface area contributed by atoms with Crippen LogP contribution >= 0.6 is 11.6 Å². The van der Waals surface area contributed by atoms with E-state index < -0.39 is 0 Å². The highest BCUT2D eigenvalue weighted by Crippen LogP contribution is 2.19. The molecule has 0 unspecified atom stereocenters. The third kappa shape index (κ3) is 3.58. The van der Waals surface area contributed by atoms with E-state index in [0.717, 1.165) is 0 Å². The smallest absolute Gasteiger partial charge is 0.224 e. The molecule has 0 aromatic heterocycles. The van der Waals surface area contributed by atoms with Gasteiger partial charge in [0.05, 0.1) is 11.6 Å². The van der Waals surface area contributed by atoms with Crippen LogP contribution < -0.4 is 11.1 Å². The van der Waals surface area contributed by atoms with Crippen LogP contribution in [-0.2, 0) is 4.79 Å². The Morgan fingerprint density at radius 2 is 2.31 bits per heavy atom. The number of hydrogen-bond donors (Lipinski definition) is 2. The minimum absolute atomic E-state index is 0.0416. The van der Waals surface area contributed by atoms with E-state index >= 15 is 0 Å². The maximum atomic E-state index is 11.2. The molecule has 0 aliphatic rings. The van der Waals surface area contributed by atoms with Crippen molar-refractivity contribution in [3.05, 3.63) is 28.8 Å². The molecule has 0 fully saturated rings. The molecule has 0 radical (unpaired) electrons. The van der Waals surface area contributed by atoms with Crippen LogP contribution in [0.4, 0.5) is 5.69 Å². The molecule has 0 aliphatic heterocycles. The standard InChI is InChI=1S/C12H13ClN2O/c1-2-12(16)15-10-5-6-11(13)9(8-10)4-3-7-14/h5-6,8H,2,7,14H2,1H3,(H,15,16). The van der Waals surface area contributed by atoms with Gasteiger partial charge in [-0.05, 0) is 18.2 Å². The number of hydrogen-bond acceptors (Lipinski definition) is 2. The van der Waals surface area contributed by atoms with E-state index in [2.05, 4.69) is 17.2 Å². The maximum absolute atomic E-state index is 11.2. The monoisotopic (exact) mass is 236 g/mol. The fourth-order valence-electron chi connectivity index (χ4n) is 1.09. The summed E-state index contributed by atoms with van der Waals surface area (Å²) in [7, 11) is 0. The molecule has 1 aromatic rings. The average molecular weight is 237 g/mol. The zero-order valence-corrected chi connectivity index (χ0v) is 9.77. The quantitative estimate of drug-likeness (QED) is 0.772. The van der Waals surface area contributed by atoms with Crippen LogP contribution in [0.3, 0.4) is 0 Å². The summed E-state index contributed by atoms with van der Waals surface area (Å²) in [6, 6.07) is 5.18. The number of anilines is 1. The topological polar surface area (TPSA) is 55.1 Å². The van der Waals surface area contributed by atoms with Gasteiger partial charge >= 0.3 is 0 Å². The molecule has 0 saturated heterocycles. The largest absolute Gasteiger partial charge is 0.326 e. The molecule has 0 heterocycles. The van der Waals surface area contributed by atoms with Crippen molar-refractivity contribution in [1.82, 2.24) is 0 Å². The van der Waals surface area contributed by atoms with Crippen molar-refractivity contribution in [2.75, 3.05) is 11.9 Å². The van der Waals surface area contributed by atoms with Crippen molar-refractivity contribution >= 4 is 23.2 Å². The zero-order valence-electron chi connectivity index (χ0n) is 9.01. The second-order valence-electron chi connectivity index (χ2n) is 3.10. The summed E-state index contributed by atoms with van der Waals surface area (Å²) >= 11 is 5.95.